The van der Waals surface area contributed by atoms with Gasteiger partial charge in [0.2, 0.25) is 0 Å². The third kappa shape index (κ3) is 5.25. The van der Waals surface area contributed by atoms with Crippen LogP contribution in [0, 0.1) is 5.92 Å². The molecular formula is C17H25N2O4+. The highest BCUT2D eigenvalue weighted by atomic mass is 16.5. The van der Waals surface area contributed by atoms with Gasteiger partial charge >= 0.3 is 5.97 Å². The Hall–Kier alpha value is -2.08. The molecule has 2 rings (SSSR count). The zero-order valence-corrected chi connectivity index (χ0v) is 13.8. The molecule has 1 aliphatic rings. The monoisotopic (exact) mass is 321 g/mol. The standard InChI is InChI=1S/C17H24N2O4/c1-3-23-17(21)13-8-10-19(11-9-13)12-16(20)18-14-4-6-15(22-2)7-5-14/h4-7,13H,3,8-12H2,1-2H3,(H,18,20)/p+1. The lowest BCUT2D eigenvalue weighted by Gasteiger charge is -2.27. The molecule has 0 saturated carbocycles. The lowest BCUT2D eigenvalue weighted by atomic mass is 9.97. The fourth-order valence-electron chi connectivity index (χ4n) is 2.81. The summed E-state index contributed by atoms with van der Waals surface area (Å²) in [5, 5.41) is 2.89. The number of piperidine rings is 1. The molecule has 0 spiro atoms. The van der Waals surface area contributed by atoms with E-state index in [0.717, 1.165) is 37.4 Å². The summed E-state index contributed by atoms with van der Waals surface area (Å²) in [5.41, 5.74) is 0.761. The van der Waals surface area contributed by atoms with Gasteiger partial charge in [0.1, 0.15) is 5.75 Å². The summed E-state index contributed by atoms with van der Waals surface area (Å²) in [7, 11) is 1.61. The average molecular weight is 321 g/mol. The average Bonchev–Trinajstić information content (AvgIpc) is 2.56. The first kappa shape index (κ1) is 17.3. The van der Waals surface area contributed by atoms with Gasteiger partial charge in [-0.25, -0.2) is 0 Å². The second-order valence-corrected chi connectivity index (χ2v) is 5.73. The summed E-state index contributed by atoms with van der Waals surface area (Å²) in [6, 6.07) is 7.26. The van der Waals surface area contributed by atoms with E-state index in [1.54, 1.807) is 7.11 Å². The second kappa shape index (κ2) is 8.53. The molecule has 0 radical (unpaired) electrons. The van der Waals surface area contributed by atoms with E-state index in [4.69, 9.17) is 9.47 Å². The number of anilines is 1. The molecule has 1 aliphatic heterocycles. The molecule has 23 heavy (non-hydrogen) atoms. The van der Waals surface area contributed by atoms with Gasteiger partial charge in [0, 0.05) is 18.5 Å². The SMILES string of the molecule is CCOC(=O)C1CC[NH+](CC(=O)Nc2ccc(OC)cc2)CC1. The molecule has 1 aromatic carbocycles. The first-order chi connectivity index (χ1) is 11.1. The fourth-order valence-corrected chi connectivity index (χ4v) is 2.81. The van der Waals surface area contributed by atoms with Crippen molar-refractivity contribution >= 4 is 17.6 Å². The summed E-state index contributed by atoms with van der Waals surface area (Å²) in [5.74, 6) is 0.631. The fraction of sp³-hybridized carbons (Fsp3) is 0.529. The van der Waals surface area contributed by atoms with Gasteiger partial charge < -0.3 is 19.7 Å². The Morgan fingerprint density at radius 3 is 2.43 bits per heavy atom. The summed E-state index contributed by atoms with van der Waals surface area (Å²) in [6.07, 6.45) is 1.56. The molecule has 6 heteroatoms. The highest BCUT2D eigenvalue weighted by molar-refractivity contribution is 5.91. The molecule has 0 aliphatic carbocycles. The topological polar surface area (TPSA) is 69.1 Å². The maximum atomic E-state index is 12.1. The number of rotatable bonds is 6. The number of esters is 1. The van der Waals surface area contributed by atoms with E-state index in [1.165, 1.54) is 4.90 Å². The van der Waals surface area contributed by atoms with Gasteiger partial charge in [-0.05, 0) is 31.2 Å². The number of nitrogens with one attached hydrogen (secondary N) is 2. The third-order valence-electron chi connectivity index (χ3n) is 4.10. The molecule has 6 nitrogen and oxygen atoms in total. The van der Waals surface area contributed by atoms with Gasteiger partial charge in [-0.15, -0.1) is 0 Å². The first-order valence-electron chi connectivity index (χ1n) is 8.06. The third-order valence-corrected chi connectivity index (χ3v) is 4.10. The highest BCUT2D eigenvalue weighted by Gasteiger charge is 2.29. The van der Waals surface area contributed by atoms with Crippen molar-refractivity contribution in [1.82, 2.24) is 0 Å². The molecule has 1 heterocycles. The molecule has 0 atom stereocenters. The largest absolute Gasteiger partial charge is 0.497 e. The molecule has 0 unspecified atom stereocenters. The smallest absolute Gasteiger partial charge is 0.309 e. The van der Waals surface area contributed by atoms with Crippen molar-refractivity contribution in [3.8, 4) is 5.75 Å². The number of hydrogen-bond donors (Lipinski definition) is 2. The van der Waals surface area contributed by atoms with Gasteiger partial charge in [-0.2, -0.15) is 0 Å². The Bertz CT molecular complexity index is 522. The number of carbonyl (C=O) groups excluding carboxylic acids is 2. The summed E-state index contributed by atoms with van der Waals surface area (Å²) < 4.78 is 10.1. The molecule has 126 valence electrons. The Kier molecular flexibility index (Phi) is 6.40. The zero-order chi connectivity index (χ0) is 16.7. The van der Waals surface area contributed by atoms with Crippen molar-refractivity contribution in [3.05, 3.63) is 24.3 Å². The predicted molar refractivity (Wildman–Crippen MR) is 86.5 cm³/mol. The highest BCUT2D eigenvalue weighted by Crippen LogP contribution is 2.15. The number of ether oxygens (including phenoxy) is 2. The van der Waals surface area contributed by atoms with E-state index in [9.17, 15) is 9.59 Å². The van der Waals surface area contributed by atoms with E-state index in [1.807, 2.05) is 31.2 Å². The number of carbonyl (C=O) groups is 2. The van der Waals surface area contributed by atoms with Crippen LogP contribution in [0.25, 0.3) is 0 Å². The van der Waals surface area contributed by atoms with Gasteiger partial charge in [0.25, 0.3) is 5.91 Å². The van der Waals surface area contributed by atoms with Crippen LogP contribution in [0.3, 0.4) is 0 Å². The molecule has 2 N–H and O–H groups in total. The maximum Gasteiger partial charge on any atom is 0.309 e. The van der Waals surface area contributed by atoms with Crippen LogP contribution in [-0.2, 0) is 14.3 Å². The Morgan fingerprint density at radius 1 is 1.22 bits per heavy atom. The molecular weight excluding hydrogens is 296 g/mol. The molecule has 0 bridgehead atoms. The molecule has 1 fully saturated rings. The van der Waals surface area contributed by atoms with Crippen LogP contribution in [0.4, 0.5) is 5.69 Å². The van der Waals surface area contributed by atoms with Crippen molar-refractivity contribution in [3.63, 3.8) is 0 Å². The van der Waals surface area contributed by atoms with Gasteiger partial charge in [0.05, 0.1) is 32.7 Å². The molecule has 0 aromatic heterocycles. The van der Waals surface area contributed by atoms with Crippen LogP contribution in [0.15, 0.2) is 24.3 Å². The number of hydrogen-bond acceptors (Lipinski definition) is 4. The lowest BCUT2D eigenvalue weighted by molar-refractivity contribution is -0.897. The van der Waals surface area contributed by atoms with Crippen molar-refractivity contribution in [2.24, 2.45) is 5.92 Å². The molecule has 1 saturated heterocycles. The predicted octanol–water partition coefficient (Wildman–Crippen LogP) is 0.492. The van der Waals surface area contributed by atoms with Crippen LogP contribution in [0.2, 0.25) is 0 Å². The van der Waals surface area contributed by atoms with Crippen LogP contribution in [0.5, 0.6) is 5.75 Å². The minimum absolute atomic E-state index is 0.0108. The quantitative estimate of drug-likeness (QED) is 0.748. The van der Waals surface area contributed by atoms with E-state index in [-0.39, 0.29) is 17.8 Å². The van der Waals surface area contributed by atoms with Crippen LogP contribution >= 0.6 is 0 Å². The molecule has 1 amide bonds. The Labute approximate surface area is 136 Å². The van der Waals surface area contributed by atoms with Crippen LogP contribution < -0.4 is 15.0 Å². The van der Waals surface area contributed by atoms with Crippen molar-refractivity contribution in [2.75, 3.05) is 38.7 Å². The lowest BCUT2D eigenvalue weighted by Crippen LogP contribution is -3.14. The Balaban J connectivity index is 1.75. The normalized spacial score (nSPS) is 20.6. The van der Waals surface area contributed by atoms with E-state index >= 15 is 0 Å². The molecule has 1 aromatic rings. The summed E-state index contributed by atoms with van der Waals surface area (Å²) in [6.45, 7) is 4.30. The van der Waals surface area contributed by atoms with Gasteiger partial charge in [-0.3, -0.25) is 9.59 Å². The minimum Gasteiger partial charge on any atom is -0.497 e. The maximum absolute atomic E-state index is 12.1. The van der Waals surface area contributed by atoms with Crippen LogP contribution in [0.1, 0.15) is 19.8 Å². The Morgan fingerprint density at radius 2 is 1.87 bits per heavy atom. The number of quaternary nitrogens is 1. The number of amides is 1. The minimum atomic E-state index is -0.103. The van der Waals surface area contributed by atoms with E-state index < -0.39 is 0 Å². The number of methoxy groups -OCH3 is 1. The zero-order valence-electron chi connectivity index (χ0n) is 13.8. The van der Waals surface area contributed by atoms with Crippen molar-refractivity contribution < 1.29 is 24.0 Å². The second-order valence-electron chi connectivity index (χ2n) is 5.73. The van der Waals surface area contributed by atoms with Crippen molar-refractivity contribution in [1.29, 1.82) is 0 Å². The summed E-state index contributed by atoms with van der Waals surface area (Å²) in [4.78, 5) is 25.0. The van der Waals surface area contributed by atoms with Gasteiger partial charge in [0.15, 0.2) is 6.54 Å². The number of benzene rings is 1. The van der Waals surface area contributed by atoms with Gasteiger partial charge in [-0.1, -0.05) is 0 Å². The van der Waals surface area contributed by atoms with Crippen molar-refractivity contribution in [2.45, 2.75) is 19.8 Å². The summed E-state index contributed by atoms with van der Waals surface area (Å²) >= 11 is 0. The van der Waals surface area contributed by atoms with E-state index in [2.05, 4.69) is 5.32 Å². The first-order valence-corrected chi connectivity index (χ1v) is 8.06. The van der Waals surface area contributed by atoms with E-state index in [0.29, 0.717) is 13.2 Å². The van der Waals surface area contributed by atoms with Crippen LogP contribution in [-0.4, -0.2) is 45.2 Å². The number of likely N-dealkylation sites (tertiary alicyclic amines) is 1.